The number of hydrogen-bond donors (Lipinski definition) is 1. The predicted octanol–water partition coefficient (Wildman–Crippen LogP) is 2.83. The van der Waals surface area contributed by atoms with E-state index in [2.05, 4.69) is 6.07 Å². The normalized spacial score (nSPS) is 16.7. The van der Waals surface area contributed by atoms with Gasteiger partial charge >= 0.3 is 0 Å². The van der Waals surface area contributed by atoms with Crippen LogP contribution in [0.2, 0.25) is 0 Å². The summed E-state index contributed by atoms with van der Waals surface area (Å²) in [4.78, 5) is 0. The highest BCUT2D eigenvalue weighted by molar-refractivity contribution is 5.46. The Morgan fingerprint density at radius 1 is 1.10 bits per heavy atom. The summed E-state index contributed by atoms with van der Waals surface area (Å²) in [5, 5.41) is 0. The molecule has 1 heterocycles. The van der Waals surface area contributed by atoms with Crippen LogP contribution in [0.3, 0.4) is 0 Å². The van der Waals surface area contributed by atoms with Gasteiger partial charge in [-0.1, -0.05) is 36.4 Å². The van der Waals surface area contributed by atoms with E-state index in [1.165, 1.54) is 5.56 Å². The number of benzene rings is 2. The Labute approximate surface area is 119 Å². The molecule has 0 radical (unpaired) electrons. The van der Waals surface area contributed by atoms with Gasteiger partial charge in [-0.15, -0.1) is 0 Å². The zero-order valence-corrected chi connectivity index (χ0v) is 11.4. The van der Waals surface area contributed by atoms with Crippen LogP contribution in [0.5, 0.6) is 5.75 Å². The van der Waals surface area contributed by atoms with Crippen LogP contribution < -0.4 is 10.5 Å². The largest absolute Gasteiger partial charge is 0.487 e. The number of nitrogen functional groups attached to an aromatic ring is 1. The Kier molecular flexibility index (Phi) is 3.88. The molecule has 0 fully saturated rings. The van der Waals surface area contributed by atoms with E-state index >= 15 is 0 Å². The van der Waals surface area contributed by atoms with Crippen molar-refractivity contribution in [2.75, 3.05) is 18.9 Å². The second kappa shape index (κ2) is 5.97. The maximum Gasteiger partial charge on any atom is 0.126 e. The molecule has 1 aliphatic rings. The smallest absolute Gasteiger partial charge is 0.126 e. The molecule has 0 amide bonds. The maximum absolute atomic E-state index is 5.90. The fourth-order valence-electron chi connectivity index (χ4n) is 2.51. The van der Waals surface area contributed by atoms with E-state index in [4.69, 9.17) is 15.2 Å². The lowest BCUT2D eigenvalue weighted by Crippen LogP contribution is -2.21. The number of ether oxygens (including phenoxy) is 2. The van der Waals surface area contributed by atoms with E-state index in [-0.39, 0.29) is 6.10 Å². The van der Waals surface area contributed by atoms with Gasteiger partial charge in [-0.25, -0.2) is 0 Å². The van der Waals surface area contributed by atoms with Crippen molar-refractivity contribution in [3.8, 4) is 5.75 Å². The Bertz CT molecular complexity index is 558. The molecule has 0 bridgehead atoms. The molecule has 0 aromatic heterocycles. The minimum atomic E-state index is 0.139. The third-order valence-corrected chi connectivity index (χ3v) is 3.59. The second-order valence-corrected chi connectivity index (χ2v) is 5.08. The summed E-state index contributed by atoms with van der Waals surface area (Å²) in [6.07, 6.45) is 1.91. The van der Waals surface area contributed by atoms with Gasteiger partial charge in [0.1, 0.15) is 11.9 Å². The zero-order valence-electron chi connectivity index (χ0n) is 11.4. The van der Waals surface area contributed by atoms with Crippen LogP contribution in [0, 0.1) is 0 Å². The first-order valence-electron chi connectivity index (χ1n) is 6.98. The Balaban J connectivity index is 1.43. The minimum Gasteiger partial charge on any atom is -0.487 e. The van der Waals surface area contributed by atoms with E-state index in [1.54, 1.807) is 0 Å². The predicted molar refractivity (Wildman–Crippen MR) is 79.9 cm³/mol. The third-order valence-electron chi connectivity index (χ3n) is 3.59. The summed E-state index contributed by atoms with van der Waals surface area (Å²) >= 11 is 0. The van der Waals surface area contributed by atoms with Crippen LogP contribution in [-0.2, 0) is 17.6 Å². The standard InChI is InChI=1S/C17H19NO2/c18-16-7-3-1-5-13(16)9-10-19-12-15-11-14-6-2-4-8-17(14)20-15/h1-8,15H,9-12,18H2. The molecule has 104 valence electrons. The second-order valence-electron chi connectivity index (χ2n) is 5.08. The van der Waals surface area contributed by atoms with Crippen LogP contribution in [0.4, 0.5) is 5.69 Å². The van der Waals surface area contributed by atoms with Crippen molar-refractivity contribution in [3.63, 3.8) is 0 Å². The molecule has 0 saturated carbocycles. The Hall–Kier alpha value is -2.00. The highest BCUT2D eigenvalue weighted by Gasteiger charge is 2.22. The number of para-hydroxylation sites is 2. The zero-order chi connectivity index (χ0) is 13.8. The molecule has 3 heteroatoms. The molecule has 3 rings (SSSR count). The van der Waals surface area contributed by atoms with Gasteiger partial charge in [0.05, 0.1) is 13.2 Å². The van der Waals surface area contributed by atoms with Crippen LogP contribution in [0.25, 0.3) is 0 Å². The average molecular weight is 269 g/mol. The van der Waals surface area contributed by atoms with Gasteiger partial charge in [-0.2, -0.15) is 0 Å². The van der Waals surface area contributed by atoms with Gasteiger partial charge < -0.3 is 15.2 Å². The monoisotopic (exact) mass is 269 g/mol. The molecule has 0 aliphatic carbocycles. The lowest BCUT2D eigenvalue weighted by Gasteiger charge is -2.11. The Morgan fingerprint density at radius 2 is 1.90 bits per heavy atom. The number of rotatable bonds is 5. The summed E-state index contributed by atoms with van der Waals surface area (Å²) in [7, 11) is 0. The minimum absolute atomic E-state index is 0.139. The molecule has 1 unspecified atom stereocenters. The summed E-state index contributed by atoms with van der Waals surface area (Å²) < 4.78 is 11.6. The molecule has 0 spiro atoms. The molecular weight excluding hydrogens is 250 g/mol. The average Bonchev–Trinajstić information content (AvgIpc) is 2.88. The van der Waals surface area contributed by atoms with E-state index in [1.807, 2.05) is 42.5 Å². The van der Waals surface area contributed by atoms with Gasteiger partial charge in [-0.05, 0) is 29.7 Å². The molecule has 2 aromatic carbocycles. The molecular formula is C17H19NO2. The Morgan fingerprint density at radius 3 is 2.75 bits per heavy atom. The molecule has 1 atom stereocenters. The first-order valence-corrected chi connectivity index (χ1v) is 6.98. The maximum atomic E-state index is 5.90. The topological polar surface area (TPSA) is 44.5 Å². The van der Waals surface area contributed by atoms with Crippen LogP contribution in [-0.4, -0.2) is 19.3 Å². The number of fused-ring (bicyclic) bond motifs is 1. The number of nitrogens with two attached hydrogens (primary N) is 1. The first-order chi connectivity index (χ1) is 9.83. The number of anilines is 1. The lowest BCUT2D eigenvalue weighted by molar-refractivity contribution is 0.0622. The summed E-state index contributed by atoms with van der Waals surface area (Å²) in [6.45, 7) is 1.30. The van der Waals surface area contributed by atoms with E-state index in [0.717, 1.165) is 29.8 Å². The van der Waals surface area contributed by atoms with Crippen LogP contribution in [0.15, 0.2) is 48.5 Å². The van der Waals surface area contributed by atoms with Gasteiger partial charge in [0.25, 0.3) is 0 Å². The van der Waals surface area contributed by atoms with Crippen molar-refractivity contribution in [1.82, 2.24) is 0 Å². The summed E-state index contributed by atoms with van der Waals surface area (Å²) in [5.41, 5.74) is 9.15. The molecule has 3 nitrogen and oxygen atoms in total. The van der Waals surface area contributed by atoms with Crippen molar-refractivity contribution < 1.29 is 9.47 Å². The van der Waals surface area contributed by atoms with E-state index in [0.29, 0.717) is 13.2 Å². The fraction of sp³-hybridized carbons (Fsp3) is 0.294. The van der Waals surface area contributed by atoms with Crippen molar-refractivity contribution in [2.45, 2.75) is 18.9 Å². The van der Waals surface area contributed by atoms with Crippen molar-refractivity contribution in [3.05, 3.63) is 59.7 Å². The van der Waals surface area contributed by atoms with Crippen LogP contribution >= 0.6 is 0 Å². The SMILES string of the molecule is Nc1ccccc1CCOCC1Cc2ccccc2O1. The molecule has 20 heavy (non-hydrogen) atoms. The fourth-order valence-corrected chi connectivity index (χ4v) is 2.51. The lowest BCUT2D eigenvalue weighted by atomic mass is 10.1. The molecule has 0 saturated heterocycles. The summed E-state index contributed by atoms with van der Waals surface area (Å²) in [5.74, 6) is 0.994. The third kappa shape index (κ3) is 2.94. The quantitative estimate of drug-likeness (QED) is 0.670. The highest BCUT2D eigenvalue weighted by Crippen LogP contribution is 2.28. The van der Waals surface area contributed by atoms with E-state index < -0.39 is 0 Å². The molecule has 2 N–H and O–H groups in total. The van der Waals surface area contributed by atoms with E-state index in [9.17, 15) is 0 Å². The molecule has 2 aromatic rings. The van der Waals surface area contributed by atoms with Gasteiger partial charge in [0.15, 0.2) is 0 Å². The highest BCUT2D eigenvalue weighted by atomic mass is 16.5. The molecule has 1 aliphatic heterocycles. The number of hydrogen-bond acceptors (Lipinski definition) is 3. The first kappa shape index (κ1) is 13.0. The van der Waals surface area contributed by atoms with Gasteiger partial charge in [0, 0.05) is 12.1 Å². The van der Waals surface area contributed by atoms with Gasteiger partial charge in [0.2, 0.25) is 0 Å². The van der Waals surface area contributed by atoms with Crippen LogP contribution in [0.1, 0.15) is 11.1 Å². The van der Waals surface area contributed by atoms with Gasteiger partial charge in [-0.3, -0.25) is 0 Å². The van der Waals surface area contributed by atoms with Crippen molar-refractivity contribution in [1.29, 1.82) is 0 Å². The van der Waals surface area contributed by atoms with Crippen molar-refractivity contribution in [2.24, 2.45) is 0 Å². The van der Waals surface area contributed by atoms with Crippen molar-refractivity contribution >= 4 is 5.69 Å². The summed E-state index contributed by atoms with van der Waals surface area (Å²) in [6, 6.07) is 16.1.